The normalized spacial score (nSPS) is 17.0. The van der Waals surface area contributed by atoms with Crippen LogP contribution in [0.3, 0.4) is 0 Å². The molecule has 0 spiro atoms. The van der Waals surface area contributed by atoms with Gasteiger partial charge < -0.3 is 14.5 Å². The van der Waals surface area contributed by atoms with Gasteiger partial charge in [-0.2, -0.15) is 0 Å². The quantitative estimate of drug-likeness (QED) is 0.754. The molecule has 2 amide bonds. The molecular weight excluding hydrogens is 366 g/mol. The number of carbonyl (C=O) groups is 2. The Labute approximate surface area is 172 Å². The Morgan fingerprint density at radius 1 is 1.07 bits per heavy atom. The zero-order chi connectivity index (χ0) is 20.6. The van der Waals surface area contributed by atoms with Crippen LogP contribution < -0.4 is 4.74 Å². The zero-order valence-corrected chi connectivity index (χ0v) is 17.2. The minimum atomic E-state index is 0.0588. The number of hydrogen-bond donors (Lipinski definition) is 0. The molecular formula is C23H29N3O3. The molecule has 0 saturated carbocycles. The van der Waals surface area contributed by atoms with E-state index in [9.17, 15) is 9.59 Å². The molecule has 0 unspecified atom stereocenters. The maximum absolute atomic E-state index is 12.9. The van der Waals surface area contributed by atoms with Crippen LogP contribution in [0.1, 0.15) is 24.6 Å². The van der Waals surface area contributed by atoms with Gasteiger partial charge in [0, 0.05) is 51.4 Å². The highest BCUT2D eigenvalue weighted by molar-refractivity contribution is 5.77. The molecule has 1 fully saturated rings. The summed E-state index contributed by atoms with van der Waals surface area (Å²) in [6.07, 6.45) is 3.70. The maximum atomic E-state index is 12.9. The van der Waals surface area contributed by atoms with Crippen LogP contribution in [0.25, 0.3) is 0 Å². The van der Waals surface area contributed by atoms with Gasteiger partial charge in [-0.15, -0.1) is 0 Å². The van der Waals surface area contributed by atoms with Crippen molar-refractivity contribution in [3.8, 4) is 5.75 Å². The number of amides is 2. The number of ether oxygens (including phenoxy) is 1. The third-order valence-corrected chi connectivity index (χ3v) is 5.41. The number of pyridine rings is 1. The first kappa shape index (κ1) is 20.8. The lowest BCUT2D eigenvalue weighted by Crippen LogP contribution is -2.36. The summed E-state index contributed by atoms with van der Waals surface area (Å²) in [4.78, 5) is 33.1. The van der Waals surface area contributed by atoms with Crippen molar-refractivity contribution in [2.45, 2.75) is 26.2 Å². The fraction of sp³-hybridized carbons (Fsp3) is 0.435. The van der Waals surface area contributed by atoms with Crippen LogP contribution >= 0.6 is 0 Å². The zero-order valence-electron chi connectivity index (χ0n) is 17.2. The summed E-state index contributed by atoms with van der Waals surface area (Å²) in [7, 11) is 1.64. The molecule has 1 aromatic heterocycles. The molecule has 1 aliphatic rings. The third-order valence-electron chi connectivity index (χ3n) is 5.41. The summed E-state index contributed by atoms with van der Waals surface area (Å²) >= 11 is 0. The fourth-order valence-corrected chi connectivity index (χ4v) is 3.76. The van der Waals surface area contributed by atoms with Crippen molar-refractivity contribution in [2.75, 3.05) is 33.3 Å². The number of methoxy groups -OCH3 is 1. The van der Waals surface area contributed by atoms with Crippen molar-refractivity contribution in [3.63, 3.8) is 0 Å². The molecule has 1 saturated heterocycles. The first-order valence-corrected chi connectivity index (χ1v) is 10.1. The topological polar surface area (TPSA) is 62.7 Å². The highest BCUT2D eigenvalue weighted by Gasteiger charge is 2.27. The second-order valence-electron chi connectivity index (χ2n) is 7.54. The molecule has 6 heteroatoms. The summed E-state index contributed by atoms with van der Waals surface area (Å²) in [5.74, 6) is 1.19. The lowest BCUT2D eigenvalue weighted by atomic mass is 10.0. The highest BCUT2D eigenvalue weighted by atomic mass is 16.5. The van der Waals surface area contributed by atoms with Gasteiger partial charge in [0.25, 0.3) is 0 Å². The van der Waals surface area contributed by atoms with E-state index in [0.717, 1.165) is 23.4 Å². The Balaban J connectivity index is 1.63. The number of rotatable bonds is 6. The SMILES string of the molecule is COc1ccc(CCC(=O)N2CCN(C(C)=O)C[C@H](Cc3ccccn3)C2)cc1. The van der Waals surface area contributed by atoms with E-state index in [1.165, 1.54) is 0 Å². The third kappa shape index (κ3) is 6.04. The fourth-order valence-electron chi connectivity index (χ4n) is 3.76. The Kier molecular flexibility index (Phi) is 7.22. The Morgan fingerprint density at radius 2 is 1.79 bits per heavy atom. The minimum Gasteiger partial charge on any atom is -0.497 e. The lowest BCUT2D eigenvalue weighted by molar-refractivity contribution is -0.132. The van der Waals surface area contributed by atoms with Crippen molar-refractivity contribution < 1.29 is 14.3 Å². The summed E-state index contributed by atoms with van der Waals surface area (Å²) in [5, 5.41) is 0. The average Bonchev–Trinajstić information content (AvgIpc) is 2.96. The molecule has 1 aliphatic heterocycles. The van der Waals surface area contributed by atoms with E-state index in [4.69, 9.17) is 4.74 Å². The lowest BCUT2D eigenvalue weighted by Gasteiger charge is -2.24. The van der Waals surface area contributed by atoms with E-state index in [-0.39, 0.29) is 17.7 Å². The van der Waals surface area contributed by atoms with Crippen LogP contribution in [-0.4, -0.2) is 59.9 Å². The summed E-state index contributed by atoms with van der Waals surface area (Å²) in [5.41, 5.74) is 2.11. The van der Waals surface area contributed by atoms with Gasteiger partial charge in [-0.3, -0.25) is 14.6 Å². The van der Waals surface area contributed by atoms with Crippen LogP contribution in [0, 0.1) is 5.92 Å². The Bertz CT molecular complexity index is 808. The standard InChI is InChI=1S/C23H29N3O3/c1-18(27)25-13-14-26(17-20(16-25)15-21-5-3-4-12-24-21)23(28)11-8-19-6-9-22(29-2)10-7-19/h3-7,9-10,12,20H,8,11,13-17H2,1-2H3/t20-/m0/s1. The van der Waals surface area contributed by atoms with Gasteiger partial charge in [0.1, 0.15) is 5.75 Å². The molecule has 154 valence electrons. The molecule has 2 aromatic rings. The van der Waals surface area contributed by atoms with Gasteiger partial charge in [-0.1, -0.05) is 18.2 Å². The average molecular weight is 396 g/mol. The van der Waals surface area contributed by atoms with E-state index in [0.29, 0.717) is 39.0 Å². The molecule has 3 rings (SSSR count). The van der Waals surface area contributed by atoms with Crippen LogP contribution in [-0.2, 0) is 22.4 Å². The van der Waals surface area contributed by atoms with Gasteiger partial charge in [0.05, 0.1) is 7.11 Å². The molecule has 6 nitrogen and oxygen atoms in total. The number of hydrogen-bond acceptors (Lipinski definition) is 4. The smallest absolute Gasteiger partial charge is 0.222 e. The van der Waals surface area contributed by atoms with Gasteiger partial charge in [-0.05, 0) is 48.6 Å². The molecule has 1 aromatic carbocycles. The van der Waals surface area contributed by atoms with Gasteiger partial charge in [0.2, 0.25) is 11.8 Å². The minimum absolute atomic E-state index is 0.0588. The first-order valence-electron chi connectivity index (χ1n) is 10.1. The first-order chi connectivity index (χ1) is 14.0. The predicted molar refractivity (Wildman–Crippen MR) is 112 cm³/mol. The number of benzene rings is 1. The van der Waals surface area contributed by atoms with Crippen molar-refractivity contribution >= 4 is 11.8 Å². The second-order valence-corrected chi connectivity index (χ2v) is 7.54. The maximum Gasteiger partial charge on any atom is 0.222 e. The van der Waals surface area contributed by atoms with Crippen LogP contribution in [0.5, 0.6) is 5.75 Å². The number of nitrogens with zero attached hydrogens (tertiary/aromatic N) is 3. The van der Waals surface area contributed by atoms with Crippen LogP contribution in [0.2, 0.25) is 0 Å². The van der Waals surface area contributed by atoms with Crippen LogP contribution in [0.4, 0.5) is 0 Å². The molecule has 29 heavy (non-hydrogen) atoms. The summed E-state index contributed by atoms with van der Waals surface area (Å²) in [6, 6.07) is 13.7. The summed E-state index contributed by atoms with van der Waals surface area (Å²) in [6.45, 7) is 4.08. The molecule has 0 N–H and O–H groups in total. The molecule has 1 atom stereocenters. The van der Waals surface area contributed by atoms with E-state index in [1.807, 2.05) is 52.3 Å². The van der Waals surface area contributed by atoms with Gasteiger partial charge in [0.15, 0.2) is 0 Å². The number of aromatic nitrogens is 1. The van der Waals surface area contributed by atoms with Crippen molar-refractivity contribution in [1.29, 1.82) is 0 Å². The van der Waals surface area contributed by atoms with Crippen molar-refractivity contribution in [3.05, 3.63) is 59.9 Å². The number of carbonyl (C=O) groups excluding carboxylic acids is 2. The Hall–Kier alpha value is -2.89. The monoisotopic (exact) mass is 395 g/mol. The van der Waals surface area contributed by atoms with E-state index in [2.05, 4.69) is 4.98 Å². The molecule has 2 heterocycles. The van der Waals surface area contributed by atoms with Crippen LogP contribution in [0.15, 0.2) is 48.7 Å². The second kappa shape index (κ2) is 10.0. The predicted octanol–water partition coefficient (Wildman–Crippen LogP) is 2.57. The largest absolute Gasteiger partial charge is 0.497 e. The van der Waals surface area contributed by atoms with E-state index in [1.54, 1.807) is 20.2 Å². The molecule has 0 radical (unpaired) electrons. The van der Waals surface area contributed by atoms with E-state index >= 15 is 0 Å². The van der Waals surface area contributed by atoms with Gasteiger partial charge in [-0.25, -0.2) is 0 Å². The Morgan fingerprint density at radius 3 is 2.45 bits per heavy atom. The van der Waals surface area contributed by atoms with E-state index < -0.39 is 0 Å². The van der Waals surface area contributed by atoms with Gasteiger partial charge >= 0.3 is 0 Å². The van der Waals surface area contributed by atoms with Crippen molar-refractivity contribution in [1.82, 2.24) is 14.8 Å². The highest BCUT2D eigenvalue weighted by Crippen LogP contribution is 2.17. The summed E-state index contributed by atoms with van der Waals surface area (Å²) < 4.78 is 5.18. The number of aryl methyl sites for hydroxylation is 1. The van der Waals surface area contributed by atoms with Crippen molar-refractivity contribution in [2.24, 2.45) is 5.92 Å². The molecule has 0 aliphatic carbocycles. The molecule has 0 bridgehead atoms.